The summed E-state index contributed by atoms with van der Waals surface area (Å²) in [4.78, 5) is 54.7. The zero-order valence-corrected chi connectivity index (χ0v) is 21.2. The van der Waals surface area contributed by atoms with Gasteiger partial charge >= 0.3 is 5.97 Å². The molecule has 36 heavy (non-hydrogen) atoms. The van der Waals surface area contributed by atoms with Crippen molar-refractivity contribution < 1.29 is 23.9 Å². The highest BCUT2D eigenvalue weighted by atomic mass is 16.5. The summed E-state index contributed by atoms with van der Waals surface area (Å²) in [6.45, 7) is 8.16. The molecule has 2 saturated heterocycles. The van der Waals surface area contributed by atoms with Crippen LogP contribution in [0.1, 0.15) is 49.3 Å². The molecular weight excluding hydrogens is 456 g/mol. The van der Waals surface area contributed by atoms with Crippen LogP contribution in [-0.4, -0.2) is 30.2 Å². The molecule has 0 N–H and O–H groups in total. The molecule has 1 aliphatic carbocycles. The van der Waals surface area contributed by atoms with E-state index in [0.717, 1.165) is 36.1 Å². The Labute approximate surface area is 211 Å². The first-order valence-electron chi connectivity index (χ1n) is 12.7. The minimum Gasteiger partial charge on any atom is -0.426 e. The Hall–Kier alpha value is -3.48. The van der Waals surface area contributed by atoms with Gasteiger partial charge in [0.2, 0.25) is 17.7 Å². The molecule has 0 unspecified atom stereocenters. The van der Waals surface area contributed by atoms with Crippen molar-refractivity contribution >= 4 is 35.1 Å². The standard InChI is InChI=1S/C29H32N2O5/c1-16-5-7-23-24(12-16)28(34)31(27(23)33)25-8-6-22(13-19(25)4)36-29(35)20-14-26(32)30(15-20)21-10-17(2)9-18(3)11-21/h6,8-11,13,16,20,23-24H,5,7,12,14-15H2,1-4H3/t16-,20+,23+,24-/m0/s1. The fourth-order valence-electron chi connectivity index (χ4n) is 5.99. The van der Waals surface area contributed by atoms with Crippen LogP contribution in [0.15, 0.2) is 36.4 Å². The van der Waals surface area contributed by atoms with Crippen LogP contribution >= 0.6 is 0 Å². The van der Waals surface area contributed by atoms with E-state index in [9.17, 15) is 19.2 Å². The number of imide groups is 1. The Bertz CT molecular complexity index is 1250. The Morgan fingerprint density at radius 2 is 1.61 bits per heavy atom. The third-order valence-electron chi connectivity index (χ3n) is 7.79. The van der Waals surface area contributed by atoms with Gasteiger partial charge in [0, 0.05) is 18.7 Å². The van der Waals surface area contributed by atoms with Gasteiger partial charge in [-0.25, -0.2) is 4.90 Å². The summed E-state index contributed by atoms with van der Waals surface area (Å²) < 4.78 is 5.63. The lowest BCUT2D eigenvalue weighted by molar-refractivity contribution is -0.139. The lowest BCUT2D eigenvalue weighted by Crippen LogP contribution is -2.31. The number of nitrogens with zero attached hydrogens (tertiary/aromatic N) is 2. The Morgan fingerprint density at radius 1 is 0.917 bits per heavy atom. The average molecular weight is 489 g/mol. The zero-order valence-electron chi connectivity index (χ0n) is 21.2. The molecule has 1 saturated carbocycles. The van der Waals surface area contributed by atoms with Gasteiger partial charge in [-0.05, 0) is 93.0 Å². The van der Waals surface area contributed by atoms with Gasteiger partial charge in [-0.15, -0.1) is 0 Å². The summed E-state index contributed by atoms with van der Waals surface area (Å²) in [5, 5.41) is 0. The van der Waals surface area contributed by atoms with Gasteiger partial charge < -0.3 is 9.64 Å². The van der Waals surface area contributed by atoms with Crippen molar-refractivity contribution in [3.63, 3.8) is 0 Å². The van der Waals surface area contributed by atoms with Gasteiger partial charge in [-0.1, -0.05) is 13.0 Å². The van der Waals surface area contributed by atoms with Crippen molar-refractivity contribution in [1.82, 2.24) is 0 Å². The predicted octanol–water partition coefficient (Wildman–Crippen LogP) is 4.50. The van der Waals surface area contributed by atoms with Gasteiger partial charge in [0.15, 0.2) is 0 Å². The maximum atomic E-state index is 13.1. The largest absolute Gasteiger partial charge is 0.426 e. The molecule has 0 spiro atoms. The van der Waals surface area contributed by atoms with Crippen LogP contribution in [0.2, 0.25) is 0 Å². The van der Waals surface area contributed by atoms with E-state index >= 15 is 0 Å². The van der Waals surface area contributed by atoms with Gasteiger partial charge in [-0.2, -0.15) is 0 Å². The van der Waals surface area contributed by atoms with Crippen LogP contribution in [0.25, 0.3) is 0 Å². The minimum absolute atomic E-state index is 0.0981. The fraction of sp³-hybridized carbons (Fsp3) is 0.448. The molecule has 7 nitrogen and oxygen atoms in total. The highest BCUT2D eigenvalue weighted by molar-refractivity contribution is 6.22. The number of carbonyl (C=O) groups excluding carboxylic acids is 4. The van der Waals surface area contributed by atoms with E-state index < -0.39 is 11.9 Å². The fourth-order valence-corrected chi connectivity index (χ4v) is 5.99. The molecule has 4 atom stereocenters. The van der Waals surface area contributed by atoms with E-state index in [2.05, 4.69) is 6.92 Å². The molecular formula is C29H32N2O5. The summed E-state index contributed by atoms with van der Waals surface area (Å²) in [5.74, 6) is -1.07. The molecule has 3 amide bonds. The topological polar surface area (TPSA) is 84.0 Å². The molecule has 3 aliphatic rings. The van der Waals surface area contributed by atoms with Crippen LogP contribution in [0.4, 0.5) is 11.4 Å². The number of aryl methyl sites for hydroxylation is 3. The van der Waals surface area contributed by atoms with Crippen molar-refractivity contribution in [2.75, 3.05) is 16.3 Å². The number of amides is 3. The number of carbonyl (C=O) groups is 4. The normalized spacial score (nSPS) is 25.9. The molecule has 0 aromatic heterocycles. The molecule has 2 aromatic carbocycles. The molecule has 2 aromatic rings. The Kier molecular flexibility index (Phi) is 6.18. The third-order valence-corrected chi connectivity index (χ3v) is 7.79. The second kappa shape index (κ2) is 9.19. The average Bonchev–Trinajstić information content (AvgIpc) is 3.31. The maximum absolute atomic E-state index is 13.1. The highest BCUT2D eigenvalue weighted by Crippen LogP contribution is 2.43. The second-order valence-corrected chi connectivity index (χ2v) is 10.8. The van der Waals surface area contributed by atoms with Gasteiger partial charge in [-0.3, -0.25) is 19.2 Å². The van der Waals surface area contributed by atoms with Crippen molar-refractivity contribution in [3.05, 3.63) is 53.1 Å². The first-order chi connectivity index (χ1) is 17.1. The molecule has 2 aliphatic heterocycles. The first kappa shape index (κ1) is 24.2. The van der Waals surface area contributed by atoms with Gasteiger partial charge in [0.25, 0.3) is 0 Å². The van der Waals surface area contributed by atoms with Crippen molar-refractivity contribution in [2.24, 2.45) is 23.7 Å². The molecule has 0 radical (unpaired) electrons. The number of hydrogen-bond donors (Lipinski definition) is 0. The van der Waals surface area contributed by atoms with Crippen LogP contribution in [0.5, 0.6) is 5.75 Å². The summed E-state index contributed by atoms with van der Waals surface area (Å²) in [6, 6.07) is 10.9. The summed E-state index contributed by atoms with van der Waals surface area (Å²) in [7, 11) is 0. The number of hydrogen-bond acceptors (Lipinski definition) is 5. The van der Waals surface area contributed by atoms with Gasteiger partial charge in [0.05, 0.1) is 23.4 Å². The maximum Gasteiger partial charge on any atom is 0.316 e. The third kappa shape index (κ3) is 4.31. The number of fused-ring (bicyclic) bond motifs is 1. The lowest BCUT2D eigenvalue weighted by Gasteiger charge is -2.25. The highest BCUT2D eigenvalue weighted by Gasteiger charge is 2.50. The molecule has 5 rings (SSSR count). The monoisotopic (exact) mass is 488 g/mol. The smallest absolute Gasteiger partial charge is 0.316 e. The molecule has 188 valence electrons. The first-order valence-corrected chi connectivity index (χ1v) is 12.7. The van der Waals surface area contributed by atoms with Gasteiger partial charge in [0.1, 0.15) is 5.75 Å². The Balaban J connectivity index is 1.28. The second-order valence-electron chi connectivity index (χ2n) is 10.8. The Morgan fingerprint density at radius 3 is 2.31 bits per heavy atom. The number of esters is 1. The van der Waals surface area contributed by atoms with E-state index in [4.69, 9.17) is 4.74 Å². The zero-order chi connectivity index (χ0) is 25.7. The quantitative estimate of drug-likeness (QED) is 0.360. The van der Waals surface area contributed by atoms with Crippen molar-refractivity contribution in [1.29, 1.82) is 0 Å². The number of rotatable bonds is 4. The minimum atomic E-state index is -0.565. The molecule has 2 heterocycles. The number of anilines is 2. The molecule has 3 fully saturated rings. The predicted molar refractivity (Wildman–Crippen MR) is 136 cm³/mol. The SMILES string of the molecule is Cc1cc(C)cc(N2C[C@H](C(=O)Oc3ccc(N4C(=O)[C@H]5C[C@@H](C)CC[C@H]5C4=O)c(C)c3)CC2=O)c1. The molecule has 0 bridgehead atoms. The van der Waals surface area contributed by atoms with Crippen LogP contribution in [0, 0.1) is 44.4 Å². The molecule has 7 heteroatoms. The summed E-state index contributed by atoms with van der Waals surface area (Å²) in [6.07, 6.45) is 2.56. The lowest BCUT2D eigenvalue weighted by atomic mass is 9.76. The summed E-state index contributed by atoms with van der Waals surface area (Å²) >= 11 is 0. The van der Waals surface area contributed by atoms with E-state index in [-0.39, 0.29) is 42.5 Å². The van der Waals surface area contributed by atoms with Crippen molar-refractivity contribution in [3.8, 4) is 5.75 Å². The van der Waals surface area contributed by atoms with Crippen LogP contribution < -0.4 is 14.5 Å². The van der Waals surface area contributed by atoms with Crippen LogP contribution in [0.3, 0.4) is 0 Å². The van der Waals surface area contributed by atoms with Crippen LogP contribution in [-0.2, 0) is 19.2 Å². The van der Waals surface area contributed by atoms with Crippen molar-refractivity contribution in [2.45, 2.75) is 53.4 Å². The number of ether oxygens (including phenoxy) is 1. The van der Waals surface area contributed by atoms with E-state index in [1.165, 1.54) is 4.90 Å². The number of benzene rings is 2. The van der Waals surface area contributed by atoms with E-state index in [0.29, 0.717) is 22.9 Å². The summed E-state index contributed by atoms with van der Waals surface area (Å²) in [5.41, 5.74) is 4.14. The van der Waals surface area contributed by atoms with E-state index in [1.54, 1.807) is 30.0 Å². The van der Waals surface area contributed by atoms with E-state index in [1.807, 2.05) is 32.0 Å².